The van der Waals surface area contributed by atoms with Gasteiger partial charge in [-0.2, -0.15) is 0 Å². The average Bonchev–Trinajstić information content (AvgIpc) is 3.00. The molecule has 0 saturated heterocycles. The van der Waals surface area contributed by atoms with Gasteiger partial charge < -0.3 is 9.88 Å². The van der Waals surface area contributed by atoms with Gasteiger partial charge in [0.05, 0.1) is 10.4 Å². The lowest BCUT2D eigenvalue weighted by atomic mass is 10.2. The van der Waals surface area contributed by atoms with Crippen LogP contribution in [0, 0.1) is 5.82 Å². The summed E-state index contributed by atoms with van der Waals surface area (Å²) in [4.78, 5) is 12.1. The number of primary sulfonamides is 1. The topological polar surface area (TPSA) is 94.2 Å². The molecule has 1 amide bonds. The molecule has 0 aliphatic carbocycles. The van der Waals surface area contributed by atoms with E-state index in [1.807, 2.05) is 16.8 Å². The highest BCUT2D eigenvalue weighted by molar-refractivity contribution is 7.89. The second-order valence-corrected chi connectivity index (χ2v) is 7.49. The second kappa shape index (κ2) is 7.27. The van der Waals surface area contributed by atoms with Gasteiger partial charge in [0, 0.05) is 25.7 Å². The van der Waals surface area contributed by atoms with Crippen molar-refractivity contribution in [1.29, 1.82) is 0 Å². The molecule has 8 heteroatoms. The summed E-state index contributed by atoms with van der Waals surface area (Å²) in [7, 11) is -3.72. The third kappa shape index (κ3) is 4.27. The van der Waals surface area contributed by atoms with Crippen LogP contribution in [0.25, 0.3) is 10.9 Å². The Morgan fingerprint density at radius 3 is 2.54 bits per heavy atom. The number of sulfonamides is 1. The zero-order chi connectivity index (χ0) is 18.7. The number of halogens is 1. The molecule has 3 aromatic rings. The maximum atomic E-state index is 13.4. The largest absolute Gasteiger partial charge is 0.352 e. The van der Waals surface area contributed by atoms with E-state index in [0.29, 0.717) is 6.54 Å². The number of aromatic nitrogens is 1. The first kappa shape index (κ1) is 18.1. The second-order valence-electron chi connectivity index (χ2n) is 5.93. The smallest absolute Gasteiger partial charge is 0.238 e. The van der Waals surface area contributed by atoms with E-state index in [4.69, 9.17) is 5.14 Å². The maximum Gasteiger partial charge on any atom is 0.238 e. The van der Waals surface area contributed by atoms with Crippen LogP contribution in [0.15, 0.2) is 59.6 Å². The molecule has 0 spiro atoms. The first-order chi connectivity index (χ1) is 12.3. The van der Waals surface area contributed by atoms with Crippen molar-refractivity contribution in [2.24, 2.45) is 5.14 Å². The number of hydrogen-bond donors (Lipinski definition) is 2. The van der Waals surface area contributed by atoms with Gasteiger partial charge in [-0.1, -0.05) is 12.1 Å². The number of amides is 1. The van der Waals surface area contributed by atoms with Gasteiger partial charge in [0.2, 0.25) is 15.9 Å². The number of carbonyl (C=O) groups excluding carboxylic acids is 1. The van der Waals surface area contributed by atoms with E-state index in [2.05, 4.69) is 5.32 Å². The molecular formula is C18H18FN3O3S. The molecule has 26 heavy (non-hydrogen) atoms. The summed E-state index contributed by atoms with van der Waals surface area (Å²) in [6.45, 7) is 0.716. The fourth-order valence-electron chi connectivity index (χ4n) is 2.66. The van der Waals surface area contributed by atoms with Crippen molar-refractivity contribution in [2.45, 2.75) is 24.4 Å². The Morgan fingerprint density at radius 1 is 1.12 bits per heavy atom. The highest BCUT2D eigenvalue weighted by atomic mass is 32.2. The highest BCUT2D eigenvalue weighted by Gasteiger charge is 2.08. The third-order valence-corrected chi connectivity index (χ3v) is 4.99. The Kier molecular flexibility index (Phi) is 5.06. The number of nitrogens with zero attached hydrogens (tertiary/aromatic N) is 1. The number of nitrogens with one attached hydrogen (secondary N) is 1. The SMILES string of the molecule is NS(=O)(=O)c1ccc(CNC(=O)CCn2ccc3ccc(F)cc32)cc1. The first-order valence-electron chi connectivity index (χ1n) is 7.96. The number of benzene rings is 2. The number of fused-ring (bicyclic) bond motifs is 1. The number of hydrogen-bond acceptors (Lipinski definition) is 3. The van der Waals surface area contributed by atoms with E-state index in [1.54, 1.807) is 18.2 Å². The van der Waals surface area contributed by atoms with E-state index in [1.165, 1.54) is 24.3 Å². The molecule has 0 aliphatic rings. The van der Waals surface area contributed by atoms with E-state index in [-0.39, 0.29) is 29.6 Å². The van der Waals surface area contributed by atoms with Crippen LogP contribution in [0.2, 0.25) is 0 Å². The van der Waals surface area contributed by atoms with Crippen molar-refractivity contribution < 1.29 is 17.6 Å². The molecule has 0 unspecified atom stereocenters. The van der Waals surface area contributed by atoms with E-state index in [9.17, 15) is 17.6 Å². The van der Waals surface area contributed by atoms with Crippen molar-refractivity contribution in [3.8, 4) is 0 Å². The van der Waals surface area contributed by atoms with Gasteiger partial charge in [0.15, 0.2) is 0 Å². The Labute approximate surface area is 150 Å². The molecule has 0 aliphatic heterocycles. The Morgan fingerprint density at radius 2 is 1.85 bits per heavy atom. The molecule has 0 bridgehead atoms. The van der Waals surface area contributed by atoms with Crippen molar-refractivity contribution in [2.75, 3.05) is 0 Å². The van der Waals surface area contributed by atoms with Gasteiger partial charge >= 0.3 is 0 Å². The standard InChI is InChI=1S/C18H18FN3O3S/c19-15-4-3-14-7-9-22(17(14)11-15)10-8-18(23)21-12-13-1-5-16(6-2-13)26(20,24)25/h1-7,9,11H,8,10,12H2,(H,21,23)(H2,20,24,25). The van der Waals surface area contributed by atoms with Crippen molar-refractivity contribution in [3.63, 3.8) is 0 Å². The summed E-state index contributed by atoms with van der Waals surface area (Å²) in [5.41, 5.74) is 1.51. The van der Waals surface area contributed by atoms with Gasteiger partial charge in [-0.3, -0.25) is 4.79 Å². The van der Waals surface area contributed by atoms with Crippen molar-refractivity contribution >= 4 is 26.8 Å². The molecule has 6 nitrogen and oxygen atoms in total. The number of nitrogens with two attached hydrogens (primary N) is 1. The van der Waals surface area contributed by atoms with Gasteiger partial charge in [-0.25, -0.2) is 17.9 Å². The third-order valence-electron chi connectivity index (χ3n) is 4.06. The van der Waals surface area contributed by atoms with Gasteiger partial charge in [-0.15, -0.1) is 0 Å². The Hall–Kier alpha value is -2.71. The van der Waals surface area contributed by atoms with Crippen LogP contribution in [0.1, 0.15) is 12.0 Å². The van der Waals surface area contributed by atoms with Crippen molar-refractivity contribution in [1.82, 2.24) is 9.88 Å². The maximum absolute atomic E-state index is 13.4. The van der Waals surface area contributed by atoms with Crippen LogP contribution in [-0.2, 0) is 27.9 Å². The fraction of sp³-hybridized carbons (Fsp3) is 0.167. The van der Waals surface area contributed by atoms with Gasteiger partial charge in [0.25, 0.3) is 0 Å². The zero-order valence-electron chi connectivity index (χ0n) is 13.9. The average molecular weight is 375 g/mol. The molecule has 3 N–H and O–H groups in total. The number of aryl methyl sites for hydroxylation is 1. The summed E-state index contributed by atoms with van der Waals surface area (Å²) in [5.74, 6) is -0.469. The van der Waals surface area contributed by atoms with Crippen LogP contribution in [0.5, 0.6) is 0 Å². The van der Waals surface area contributed by atoms with Crippen LogP contribution in [0.3, 0.4) is 0 Å². The monoisotopic (exact) mass is 375 g/mol. The fourth-order valence-corrected chi connectivity index (χ4v) is 3.18. The van der Waals surface area contributed by atoms with Crippen LogP contribution in [0.4, 0.5) is 4.39 Å². The first-order valence-corrected chi connectivity index (χ1v) is 9.50. The zero-order valence-corrected chi connectivity index (χ0v) is 14.7. The van der Waals surface area contributed by atoms with Gasteiger partial charge in [0.1, 0.15) is 5.82 Å². The quantitative estimate of drug-likeness (QED) is 0.691. The summed E-state index contributed by atoms with van der Waals surface area (Å²) >= 11 is 0. The van der Waals surface area contributed by atoms with Gasteiger partial charge in [-0.05, 0) is 47.3 Å². The summed E-state index contributed by atoms with van der Waals surface area (Å²) < 4.78 is 37.6. The van der Waals surface area contributed by atoms with Crippen LogP contribution >= 0.6 is 0 Å². The normalized spacial score (nSPS) is 11.6. The van der Waals surface area contributed by atoms with Crippen LogP contribution < -0.4 is 10.5 Å². The lowest BCUT2D eigenvalue weighted by molar-refractivity contribution is -0.121. The summed E-state index contributed by atoms with van der Waals surface area (Å²) in [6.07, 6.45) is 2.07. The lowest BCUT2D eigenvalue weighted by Gasteiger charge is -2.08. The molecule has 0 saturated carbocycles. The molecule has 136 valence electrons. The number of carbonyl (C=O) groups is 1. The van der Waals surface area contributed by atoms with Crippen LogP contribution in [-0.4, -0.2) is 18.9 Å². The molecule has 3 rings (SSSR count). The predicted molar refractivity (Wildman–Crippen MR) is 96.2 cm³/mol. The molecule has 2 aromatic carbocycles. The summed E-state index contributed by atoms with van der Waals surface area (Å²) in [5, 5.41) is 8.73. The molecule has 1 aromatic heterocycles. The van der Waals surface area contributed by atoms with E-state index in [0.717, 1.165) is 16.5 Å². The summed E-state index contributed by atoms with van der Waals surface area (Å²) in [6, 6.07) is 12.4. The van der Waals surface area contributed by atoms with Crippen molar-refractivity contribution in [3.05, 3.63) is 66.1 Å². The highest BCUT2D eigenvalue weighted by Crippen LogP contribution is 2.17. The lowest BCUT2D eigenvalue weighted by Crippen LogP contribution is -2.23. The number of rotatable bonds is 6. The molecule has 0 fully saturated rings. The molecule has 0 atom stereocenters. The van der Waals surface area contributed by atoms with E-state index < -0.39 is 10.0 Å². The molecule has 0 radical (unpaired) electrons. The predicted octanol–water partition coefficient (Wildman–Crippen LogP) is 2.13. The minimum atomic E-state index is -3.72. The van der Waals surface area contributed by atoms with E-state index >= 15 is 0 Å². The minimum absolute atomic E-state index is 0.0271. The molecule has 1 heterocycles. The minimum Gasteiger partial charge on any atom is -0.352 e. The molecular weight excluding hydrogens is 357 g/mol. The Bertz CT molecular complexity index is 1040. The Balaban J connectivity index is 1.55.